The molecule has 0 bridgehead atoms. The SMILES string of the molecule is N[SH](=O)=O.O=S(=O)(O)C(F)(F)F. The van der Waals surface area contributed by atoms with Crippen LogP contribution in [-0.2, 0) is 21.0 Å². The smallest absolute Gasteiger partial charge is 0.279 e. The summed E-state index contributed by atoms with van der Waals surface area (Å²) in [7, 11) is -8.46. The molecule has 11 heteroatoms. The number of thiol groups is 1. The number of hydrogen-bond donors (Lipinski definition) is 3. The number of nitrogens with two attached hydrogens (primary N) is 1. The van der Waals surface area contributed by atoms with Crippen molar-refractivity contribution in [1.29, 1.82) is 0 Å². The van der Waals surface area contributed by atoms with Gasteiger partial charge in [0.1, 0.15) is 0 Å². The molecular formula is CH4F3NO5S2. The summed E-state index contributed by atoms with van der Waals surface area (Å²) >= 11 is 0. The standard InChI is InChI=1S/CHF3O3S.H3NO2S/c2-1(3,4)8(5,6)7;1-4(2)3/h(H,5,6,7);4H,(H2,1,2,3). The van der Waals surface area contributed by atoms with Gasteiger partial charge in [-0.05, 0) is 0 Å². The highest BCUT2D eigenvalue weighted by Crippen LogP contribution is 2.20. The van der Waals surface area contributed by atoms with E-state index in [9.17, 15) is 13.2 Å². The van der Waals surface area contributed by atoms with Gasteiger partial charge in [-0.3, -0.25) is 4.55 Å². The third-order valence-electron chi connectivity index (χ3n) is 0.292. The van der Waals surface area contributed by atoms with E-state index in [1.165, 1.54) is 0 Å². The lowest BCUT2D eigenvalue weighted by atomic mass is 11.6. The molecule has 0 aromatic heterocycles. The van der Waals surface area contributed by atoms with E-state index in [4.69, 9.17) is 21.4 Å². The molecule has 0 aromatic rings. The molecule has 0 aliphatic heterocycles. The molecule has 0 atom stereocenters. The molecular weight excluding hydrogens is 227 g/mol. The Balaban J connectivity index is 0. The van der Waals surface area contributed by atoms with Crippen molar-refractivity contribution in [1.82, 2.24) is 0 Å². The summed E-state index contributed by atoms with van der Waals surface area (Å²) in [5.74, 6) is 0. The molecule has 6 nitrogen and oxygen atoms in total. The summed E-state index contributed by atoms with van der Waals surface area (Å²) < 4.78 is 75.2. The number of rotatable bonds is 0. The molecule has 12 heavy (non-hydrogen) atoms. The van der Waals surface area contributed by atoms with Crippen LogP contribution in [0.4, 0.5) is 13.2 Å². The first-order chi connectivity index (χ1) is 4.98. The summed E-state index contributed by atoms with van der Waals surface area (Å²) in [5.41, 5.74) is -5.53. The molecule has 3 N–H and O–H groups in total. The molecule has 0 unspecified atom stereocenters. The first kappa shape index (κ1) is 14.2. The fourth-order valence-corrected chi connectivity index (χ4v) is 0. The molecule has 0 fully saturated rings. The fraction of sp³-hybridized carbons (Fsp3) is 1.00. The van der Waals surface area contributed by atoms with Crippen LogP contribution in [-0.4, -0.2) is 26.9 Å². The predicted molar refractivity (Wildman–Crippen MR) is 32.1 cm³/mol. The zero-order valence-electron chi connectivity index (χ0n) is 5.15. The van der Waals surface area contributed by atoms with E-state index in [2.05, 4.69) is 5.14 Å². The first-order valence-electron chi connectivity index (χ1n) is 1.91. The minimum absolute atomic E-state index is 2.62. The van der Waals surface area contributed by atoms with Gasteiger partial charge in [0.05, 0.1) is 0 Å². The minimum atomic E-state index is -5.84. The minimum Gasteiger partial charge on any atom is -0.279 e. The molecule has 0 spiro atoms. The van der Waals surface area contributed by atoms with Gasteiger partial charge in [0.2, 0.25) is 0 Å². The lowest BCUT2D eigenvalue weighted by Gasteiger charge is -1.97. The quantitative estimate of drug-likeness (QED) is 0.277. The highest BCUT2D eigenvalue weighted by Gasteiger charge is 2.44. The Morgan fingerprint density at radius 1 is 1.25 bits per heavy atom. The van der Waals surface area contributed by atoms with Crippen LogP contribution in [0.5, 0.6) is 0 Å². The first-order valence-corrected chi connectivity index (χ1v) is 4.60. The van der Waals surface area contributed by atoms with E-state index in [0.29, 0.717) is 0 Å². The van der Waals surface area contributed by atoms with Crippen molar-refractivity contribution < 1.29 is 34.6 Å². The number of halogens is 3. The molecule has 0 amide bonds. The number of hydrogen-bond acceptors (Lipinski definition) is 4. The van der Waals surface area contributed by atoms with Crippen molar-refractivity contribution in [3.63, 3.8) is 0 Å². The van der Waals surface area contributed by atoms with Gasteiger partial charge in [-0.25, -0.2) is 13.6 Å². The number of alkyl halides is 3. The maximum atomic E-state index is 10.7. The normalized spacial score (nSPS) is 12.2. The maximum absolute atomic E-state index is 10.7. The lowest BCUT2D eigenvalue weighted by molar-refractivity contribution is -0.0510. The summed E-state index contributed by atoms with van der Waals surface area (Å²) in [6.45, 7) is 0. The second-order valence-corrected chi connectivity index (χ2v) is 3.19. The third-order valence-corrected chi connectivity index (χ3v) is 0.877. The molecule has 76 valence electrons. The van der Waals surface area contributed by atoms with E-state index < -0.39 is 26.5 Å². The van der Waals surface area contributed by atoms with Gasteiger partial charge in [0.25, 0.3) is 0 Å². The summed E-state index contributed by atoms with van der Waals surface area (Å²) in [6.07, 6.45) is 0. The Morgan fingerprint density at radius 3 is 1.33 bits per heavy atom. The van der Waals surface area contributed by atoms with Crippen molar-refractivity contribution in [2.75, 3.05) is 0 Å². The predicted octanol–water partition coefficient (Wildman–Crippen LogP) is -1.13. The highest BCUT2D eigenvalue weighted by atomic mass is 32.2. The molecule has 0 saturated heterocycles. The molecule has 0 saturated carbocycles. The molecule has 0 aliphatic rings. The van der Waals surface area contributed by atoms with E-state index in [0.717, 1.165) is 0 Å². The van der Waals surface area contributed by atoms with E-state index in [-0.39, 0.29) is 0 Å². The maximum Gasteiger partial charge on any atom is 0.522 e. The van der Waals surface area contributed by atoms with Crippen LogP contribution < -0.4 is 5.14 Å². The highest BCUT2D eigenvalue weighted by molar-refractivity contribution is 7.86. The van der Waals surface area contributed by atoms with Crippen LogP contribution in [0.25, 0.3) is 0 Å². The topological polar surface area (TPSA) is 115 Å². The Hall–Kier alpha value is -0.390. The van der Waals surface area contributed by atoms with Crippen LogP contribution in [0.15, 0.2) is 0 Å². The second-order valence-electron chi connectivity index (χ2n) is 1.21. The van der Waals surface area contributed by atoms with Crippen LogP contribution in [0.1, 0.15) is 0 Å². The van der Waals surface area contributed by atoms with Gasteiger partial charge < -0.3 is 0 Å². The van der Waals surface area contributed by atoms with Crippen molar-refractivity contribution in [2.24, 2.45) is 5.14 Å². The zero-order chi connectivity index (χ0) is 10.6. The third kappa shape index (κ3) is 9.61. The Labute approximate surface area is 67.0 Å². The van der Waals surface area contributed by atoms with Gasteiger partial charge in [-0.15, -0.1) is 0 Å². The molecule has 0 aromatic carbocycles. The van der Waals surface area contributed by atoms with Crippen LogP contribution >= 0.6 is 0 Å². The average molecular weight is 231 g/mol. The van der Waals surface area contributed by atoms with E-state index in [1.54, 1.807) is 0 Å². The monoisotopic (exact) mass is 231 g/mol. The average Bonchev–Trinajstić information content (AvgIpc) is 1.55. The summed E-state index contributed by atoms with van der Waals surface area (Å²) in [5, 5.41) is 4.06. The Morgan fingerprint density at radius 2 is 1.33 bits per heavy atom. The van der Waals surface area contributed by atoms with Gasteiger partial charge in [0, 0.05) is 0 Å². The Kier molecular flexibility index (Phi) is 5.41. The van der Waals surface area contributed by atoms with E-state index >= 15 is 0 Å². The summed E-state index contributed by atoms with van der Waals surface area (Å²) in [4.78, 5) is 0. The second kappa shape index (κ2) is 4.59. The van der Waals surface area contributed by atoms with Crippen LogP contribution in [0, 0.1) is 0 Å². The molecule has 0 aliphatic carbocycles. The van der Waals surface area contributed by atoms with Crippen molar-refractivity contribution >= 4 is 21.0 Å². The molecule has 0 rings (SSSR count). The Bertz CT molecular complexity index is 278. The van der Waals surface area contributed by atoms with Gasteiger partial charge in [-0.2, -0.15) is 21.6 Å². The van der Waals surface area contributed by atoms with Gasteiger partial charge in [0.15, 0.2) is 10.9 Å². The fourth-order valence-electron chi connectivity index (χ4n) is 0. The van der Waals surface area contributed by atoms with Crippen LogP contribution in [0.3, 0.4) is 0 Å². The van der Waals surface area contributed by atoms with Crippen LogP contribution in [0.2, 0.25) is 0 Å². The lowest BCUT2D eigenvalue weighted by Crippen LogP contribution is -2.21. The molecule has 0 heterocycles. The largest absolute Gasteiger partial charge is 0.522 e. The van der Waals surface area contributed by atoms with Gasteiger partial charge >= 0.3 is 15.6 Å². The van der Waals surface area contributed by atoms with Crippen molar-refractivity contribution in [3.05, 3.63) is 0 Å². The van der Waals surface area contributed by atoms with Crippen molar-refractivity contribution in [3.8, 4) is 0 Å². The zero-order valence-corrected chi connectivity index (χ0v) is 6.86. The van der Waals surface area contributed by atoms with Crippen molar-refractivity contribution in [2.45, 2.75) is 5.51 Å². The van der Waals surface area contributed by atoms with E-state index in [1.807, 2.05) is 0 Å². The summed E-state index contributed by atoms with van der Waals surface area (Å²) in [6, 6.07) is 0. The molecule has 0 radical (unpaired) electrons. The van der Waals surface area contributed by atoms with Gasteiger partial charge in [-0.1, -0.05) is 0 Å².